The van der Waals surface area contributed by atoms with Gasteiger partial charge >= 0.3 is 0 Å². The Morgan fingerprint density at radius 1 is 1.38 bits per heavy atom. The normalized spacial score (nSPS) is 19.6. The predicted octanol–water partition coefficient (Wildman–Crippen LogP) is 1.93. The van der Waals surface area contributed by atoms with Crippen molar-refractivity contribution in [2.24, 2.45) is 5.92 Å². The number of rotatable bonds is 4. The Hall–Kier alpha value is -1.59. The zero-order chi connectivity index (χ0) is 13.9. The van der Waals surface area contributed by atoms with Crippen LogP contribution in [0.4, 0.5) is 11.4 Å². The lowest BCUT2D eigenvalue weighted by Crippen LogP contribution is -2.15. The molecule has 21 heavy (non-hydrogen) atoms. The number of benzene rings is 1. The van der Waals surface area contributed by atoms with Crippen LogP contribution in [-0.4, -0.2) is 24.9 Å². The van der Waals surface area contributed by atoms with Crippen molar-refractivity contribution in [3.8, 4) is 0 Å². The molecule has 2 aliphatic rings. The fourth-order valence-electron chi connectivity index (χ4n) is 2.83. The molecule has 2 heterocycles. The lowest BCUT2D eigenvalue weighted by molar-refractivity contribution is -0.116. The third-order valence-electron chi connectivity index (χ3n) is 3.96. The van der Waals surface area contributed by atoms with Gasteiger partial charge in [0.15, 0.2) is 0 Å². The SMILES string of the molecule is Cl.O=C(CCC1CCNC1)Nc1ccc2c(c1)CC(=O)N2. The van der Waals surface area contributed by atoms with Crippen LogP contribution in [0.15, 0.2) is 18.2 Å². The van der Waals surface area contributed by atoms with E-state index in [-0.39, 0.29) is 24.2 Å². The summed E-state index contributed by atoms with van der Waals surface area (Å²) in [6, 6.07) is 5.55. The highest BCUT2D eigenvalue weighted by Gasteiger charge is 2.18. The Balaban J connectivity index is 0.00000161. The Morgan fingerprint density at radius 3 is 3.00 bits per heavy atom. The van der Waals surface area contributed by atoms with E-state index in [1.165, 1.54) is 6.42 Å². The Labute approximate surface area is 130 Å². The molecule has 0 radical (unpaired) electrons. The molecule has 0 bridgehead atoms. The Morgan fingerprint density at radius 2 is 2.24 bits per heavy atom. The van der Waals surface area contributed by atoms with Gasteiger partial charge in [-0.05, 0) is 55.6 Å². The molecular weight excluding hydrogens is 290 g/mol. The molecule has 0 aromatic heterocycles. The molecule has 0 saturated carbocycles. The maximum Gasteiger partial charge on any atom is 0.228 e. The third-order valence-corrected chi connectivity index (χ3v) is 3.96. The van der Waals surface area contributed by atoms with Crippen molar-refractivity contribution in [3.05, 3.63) is 23.8 Å². The van der Waals surface area contributed by atoms with Crippen molar-refractivity contribution in [2.45, 2.75) is 25.7 Å². The summed E-state index contributed by atoms with van der Waals surface area (Å²) in [6.07, 6.45) is 3.05. The standard InChI is InChI=1S/C15H19N3O2.ClH/c19-14(4-1-10-5-6-16-9-10)17-12-2-3-13-11(7-12)8-15(20)18-13;/h2-3,7,10,16H,1,4-6,8-9H2,(H,17,19)(H,18,20);1H. The van der Waals surface area contributed by atoms with Crippen LogP contribution in [0.2, 0.25) is 0 Å². The summed E-state index contributed by atoms with van der Waals surface area (Å²) in [5.41, 5.74) is 2.58. The van der Waals surface area contributed by atoms with Crippen LogP contribution in [0.5, 0.6) is 0 Å². The van der Waals surface area contributed by atoms with Gasteiger partial charge in [0.1, 0.15) is 0 Å². The van der Waals surface area contributed by atoms with Gasteiger partial charge in [0.25, 0.3) is 0 Å². The van der Waals surface area contributed by atoms with Gasteiger partial charge in [-0.25, -0.2) is 0 Å². The number of carbonyl (C=O) groups excluding carboxylic acids is 2. The molecule has 2 aliphatic heterocycles. The largest absolute Gasteiger partial charge is 0.326 e. The van der Waals surface area contributed by atoms with Gasteiger partial charge in [0, 0.05) is 17.8 Å². The summed E-state index contributed by atoms with van der Waals surface area (Å²) in [7, 11) is 0. The topological polar surface area (TPSA) is 70.2 Å². The number of amides is 2. The number of nitrogens with one attached hydrogen (secondary N) is 3. The number of carbonyl (C=O) groups is 2. The molecule has 1 aromatic carbocycles. The second-order valence-corrected chi connectivity index (χ2v) is 5.54. The van der Waals surface area contributed by atoms with Gasteiger partial charge in [-0.2, -0.15) is 0 Å². The second kappa shape index (κ2) is 6.91. The molecule has 6 heteroatoms. The van der Waals surface area contributed by atoms with Crippen molar-refractivity contribution in [3.63, 3.8) is 0 Å². The first-order valence-electron chi connectivity index (χ1n) is 7.14. The minimum atomic E-state index is 0. The Bertz CT molecular complexity index is 542. The van der Waals surface area contributed by atoms with E-state index in [2.05, 4.69) is 16.0 Å². The third kappa shape index (κ3) is 3.95. The van der Waals surface area contributed by atoms with E-state index >= 15 is 0 Å². The molecule has 5 nitrogen and oxygen atoms in total. The first kappa shape index (κ1) is 15.8. The summed E-state index contributed by atoms with van der Waals surface area (Å²) in [5, 5.41) is 9.00. The van der Waals surface area contributed by atoms with Gasteiger partial charge in [-0.1, -0.05) is 0 Å². The highest BCUT2D eigenvalue weighted by molar-refractivity contribution is 6.00. The van der Waals surface area contributed by atoms with E-state index < -0.39 is 0 Å². The monoisotopic (exact) mass is 309 g/mol. The van der Waals surface area contributed by atoms with Crippen molar-refractivity contribution in [1.82, 2.24) is 5.32 Å². The van der Waals surface area contributed by atoms with Gasteiger partial charge in [-0.3, -0.25) is 9.59 Å². The summed E-state index contributed by atoms with van der Waals surface area (Å²) in [4.78, 5) is 23.2. The van der Waals surface area contributed by atoms with Crippen molar-refractivity contribution < 1.29 is 9.59 Å². The lowest BCUT2D eigenvalue weighted by Gasteiger charge is -2.09. The van der Waals surface area contributed by atoms with E-state index in [1.54, 1.807) is 0 Å². The summed E-state index contributed by atoms with van der Waals surface area (Å²) < 4.78 is 0. The highest BCUT2D eigenvalue weighted by Crippen LogP contribution is 2.26. The number of fused-ring (bicyclic) bond motifs is 1. The summed E-state index contributed by atoms with van der Waals surface area (Å²) >= 11 is 0. The Kier molecular flexibility index (Phi) is 5.20. The molecule has 1 aromatic rings. The summed E-state index contributed by atoms with van der Waals surface area (Å²) in [5.74, 6) is 0.689. The summed E-state index contributed by atoms with van der Waals surface area (Å²) in [6.45, 7) is 2.10. The van der Waals surface area contributed by atoms with Crippen LogP contribution >= 0.6 is 12.4 Å². The molecule has 3 N–H and O–H groups in total. The zero-order valence-corrected chi connectivity index (χ0v) is 12.6. The number of anilines is 2. The van der Waals surface area contributed by atoms with Crippen molar-refractivity contribution >= 4 is 35.6 Å². The minimum Gasteiger partial charge on any atom is -0.326 e. The highest BCUT2D eigenvalue weighted by atomic mass is 35.5. The first-order valence-corrected chi connectivity index (χ1v) is 7.14. The van der Waals surface area contributed by atoms with E-state index in [9.17, 15) is 9.59 Å². The zero-order valence-electron chi connectivity index (χ0n) is 11.8. The minimum absolute atomic E-state index is 0. The van der Waals surface area contributed by atoms with E-state index in [1.807, 2.05) is 18.2 Å². The smallest absolute Gasteiger partial charge is 0.228 e. The van der Waals surface area contributed by atoms with Gasteiger partial charge in [0.05, 0.1) is 6.42 Å². The van der Waals surface area contributed by atoms with Crippen LogP contribution in [0.25, 0.3) is 0 Å². The van der Waals surface area contributed by atoms with Crippen LogP contribution < -0.4 is 16.0 Å². The lowest BCUT2D eigenvalue weighted by atomic mass is 10.0. The maximum absolute atomic E-state index is 11.9. The average Bonchev–Trinajstić information content (AvgIpc) is 3.04. The van der Waals surface area contributed by atoms with Crippen LogP contribution in [0.3, 0.4) is 0 Å². The molecule has 3 rings (SSSR count). The van der Waals surface area contributed by atoms with Crippen molar-refractivity contribution in [1.29, 1.82) is 0 Å². The quantitative estimate of drug-likeness (QED) is 0.796. The number of halogens is 1. The second-order valence-electron chi connectivity index (χ2n) is 5.54. The number of hydrogen-bond donors (Lipinski definition) is 3. The molecule has 1 atom stereocenters. The predicted molar refractivity (Wildman–Crippen MR) is 84.9 cm³/mol. The van der Waals surface area contributed by atoms with Crippen LogP contribution in [-0.2, 0) is 16.0 Å². The maximum atomic E-state index is 11.9. The average molecular weight is 310 g/mol. The molecule has 0 spiro atoms. The van der Waals surface area contributed by atoms with E-state index in [4.69, 9.17) is 0 Å². The molecule has 1 unspecified atom stereocenters. The molecule has 1 saturated heterocycles. The van der Waals surface area contributed by atoms with Gasteiger partial charge < -0.3 is 16.0 Å². The van der Waals surface area contributed by atoms with Crippen LogP contribution in [0, 0.1) is 5.92 Å². The molecular formula is C15H20ClN3O2. The van der Waals surface area contributed by atoms with Gasteiger partial charge in [0.2, 0.25) is 11.8 Å². The molecule has 1 fully saturated rings. The molecule has 0 aliphatic carbocycles. The molecule has 2 amide bonds. The molecule has 114 valence electrons. The first-order chi connectivity index (χ1) is 9.70. The van der Waals surface area contributed by atoms with E-state index in [0.29, 0.717) is 18.8 Å². The number of hydrogen-bond acceptors (Lipinski definition) is 3. The van der Waals surface area contributed by atoms with Crippen LogP contribution in [0.1, 0.15) is 24.8 Å². The fourth-order valence-corrected chi connectivity index (χ4v) is 2.83. The van der Waals surface area contributed by atoms with E-state index in [0.717, 1.165) is 36.4 Å². The fraction of sp³-hybridized carbons (Fsp3) is 0.467. The van der Waals surface area contributed by atoms with Gasteiger partial charge in [-0.15, -0.1) is 12.4 Å². The van der Waals surface area contributed by atoms with Crippen molar-refractivity contribution in [2.75, 3.05) is 23.7 Å².